The lowest BCUT2D eigenvalue weighted by Crippen LogP contribution is -2.23. The zero-order valence-electron chi connectivity index (χ0n) is 16.1. The van der Waals surface area contributed by atoms with E-state index in [0.29, 0.717) is 30.5 Å². The molecule has 0 saturated heterocycles. The van der Waals surface area contributed by atoms with Gasteiger partial charge < -0.3 is 19.0 Å². The third-order valence-electron chi connectivity index (χ3n) is 4.49. The van der Waals surface area contributed by atoms with Gasteiger partial charge in [-0.1, -0.05) is 23.7 Å². The molecule has 4 aromatic rings. The van der Waals surface area contributed by atoms with Gasteiger partial charge >= 0.3 is 0 Å². The largest absolute Gasteiger partial charge is 0.492 e. The van der Waals surface area contributed by atoms with E-state index in [0.717, 1.165) is 22.6 Å². The summed E-state index contributed by atoms with van der Waals surface area (Å²) in [6.45, 7) is 1.36. The molecule has 152 valence electrons. The predicted molar refractivity (Wildman–Crippen MR) is 116 cm³/mol. The molecule has 1 N–H and O–H groups in total. The molecule has 1 amide bonds. The van der Waals surface area contributed by atoms with Crippen molar-refractivity contribution >= 4 is 34.6 Å². The summed E-state index contributed by atoms with van der Waals surface area (Å²) in [5, 5.41) is 3.54. The van der Waals surface area contributed by atoms with Crippen LogP contribution in [0.25, 0.3) is 17.1 Å². The Balaban J connectivity index is 1.43. The minimum atomic E-state index is -0.220. The molecule has 0 fully saturated rings. The molecule has 7 heteroatoms. The van der Waals surface area contributed by atoms with Crippen LogP contribution in [0.2, 0.25) is 5.02 Å². The molecule has 0 aliphatic heterocycles. The molecule has 0 aliphatic rings. The van der Waals surface area contributed by atoms with Crippen LogP contribution in [0.3, 0.4) is 0 Å². The molecule has 0 aliphatic carbocycles. The second-order valence-electron chi connectivity index (χ2n) is 6.54. The lowest BCUT2D eigenvalue weighted by atomic mass is 10.3. The Morgan fingerprint density at radius 1 is 1.13 bits per heavy atom. The van der Waals surface area contributed by atoms with E-state index in [1.807, 2.05) is 36.4 Å². The highest BCUT2D eigenvalue weighted by atomic mass is 35.5. The summed E-state index contributed by atoms with van der Waals surface area (Å²) < 4.78 is 13.1. The minimum Gasteiger partial charge on any atom is -0.492 e. The van der Waals surface area contributed by atoms with Crippen molar-refractivity contribution in [1.82, 2.24) is 14.9 Å². The number of para-hydroxylation sites is 2. The average Bonchev–Trinajstić information content (AvgIpc) is 3.40. The van der Waals surface area contributed by atoms with Gasteiger partial charge in [0.25, 0.3) is 0 Å². The van der Waals surface area contributed by atoms with Crippen LogP contribution < -0.4 is 10.1 Å². The predicted octanol–water partition coefficient (Wildman–Crippen LogP) is 4.69. The van der Waals surface area contributed by atoms with E-state index < -0.39 is 0 Å². The Hall–Kier alpha value is -3.51. The van der Waals surface area contributed by atoms with Crippen LogP contribution in [0.15, 0.2) is 77.4 Å². The van der Waals surface area contributed by atoms with Crippen molar-refractivity contribution in [1.29, 1.82) is 0 Å². The second kappa shape index (κ2) is 9.33. The molecule has 0 unspecified atom stereocenters. The maximum absolute atomic E-state index is 12.2. The quantitative estimate of drug-likeness (QED) is 0.419. The van der Waals surface area contributed by atoms with Gasteiger partial charge in [0.05, 0.1) is 30.4 Å². The maximum Gasteiger partial charge on any atom is 0.244 e. The van der Waals surface area contributed by atoms with Crippen LogP contribution in [0, 0.1) is 0 Å². The van der Waals surface area contributed by atoms with Crippen LogP contribution in [-0.2, 0) is 17.9 Å². The van der Waals surface area contributed by atoms with Crippen LogP contribution in [0.1, 0.15) is 11.6 Å². The summed E-state index contributed by atoms with van der Waals surface area (Å²) >= 11 is 5.91. The molecule has 0 bridgehead atoms. The number of carbonyl (C=O) groups excluding carboxylic acids is 1. The molecule has 2 heterocycles. The first-order chi connectivity index (χ1) is 14.7. The summed E-state index contributed by atoms with van der Waals surface area (Å²) in [4.78, 5) is 16.8. The highest BCUT2D eigenvalue weighted by molar-refractivity contribution is 6.30. The van der Waals surface area contributed by atoms with Crippen molar-refractivity contribution in [3.05, 3.63) is 89.6 Å². The van der Waals surface area contributed by atoms with E-state index in [-0.39, 0.29) is 5.91 Å². The summed E-state index contributed by atoms with van der Waals surface area (Å²) in [5.74, 6) is 1.91. The van der Waals surface area contributed by atoms with Crippen molar-refractivity contribution in [3.8, 4) is 5.75 Å². The lowest BCUT2D eigenvalue weighted by molar-refractivity contribution is -0.116. The van der Waals surface area contributed by atoms with Gasteiger partial charge in [-0.05, 0) is 54.6 Å². The van der Waals surface area contributed by atoms with Gasteiger partial charge in [0.1, 0.15) is 23.9 Å². The summed E-state index contributed by atoms with van der Waals surface area (Å²) in [6, 6.07) is 18.7. The zero-order chi connectivity index (χ0) is 20.8. The monoisotopic (exact) mass is 421 g/mol. The third kappa shape index (κ3) is 4.90. The van der Waals surface area contributed by atoms with E-state index in [9.17, 15) is 4.79 Å². The number of benzene rings is 2. The summed E-state index contributed by atoms with van der Waals surface area (Å²) in [7, 11) is 0. The Bertz CT molecular complexity index is 1150. The van der Waals surface area contributed by atoms with Gasteiger partial charge in [0.15, 0.2) is 0 Å². The van der Waals surface area contributed by atoms with Crippen molar-refractivity contribution < 1.29 is 13.9 Å². The molecule has 0 saturated carbocycles. The number of halogens is 1. The minimum absolute atomic E-state index is 0.220. The molecule has 0 radical (unpaired) electrons. The number of fused-ring (bicyclic) bond motifs is 1. The van der Waals surface area contributed by atoms with Crippen molar-refractivity contribution in [2.45, 2.75) is 13.1 Å². The first kappa shape index (κ1) is 19.8. The first-order valence-corrected chi connectivity index (χ1v) is 9.89. The molecule has 6 nitrogen and oxygen atoms in total. The second-order valence-corrected chi connectivity index (χ2v) is 6.97. The maximum atomic E-state index is 12.2. The number of furan rings is 1. The number of amides is 1. The normalized spacial score (nSPS) is 11.2. The number of rotatable bonds is 8. The lowest BCUT2D eigenvalue weighted by Gasteiger charge is -2.11. The van der Waals surface area contributed by atoms with E-state index in [1.165, 1.54) is 6.08 Å². The molecule has 4 rings (SSSR count). The van der Waals surface area contributed by atoms with Crippen LogP contribution in [-0.4, -0.2) is 22.1 Å². The summed E-state index contributed by atoms with van der Waals surface area (Å²) in [5.41, 5.74) is 1.87. The first-order valence-electron chi connectivity index (χ1n) is 9.51. The zero-order valence-corrected chi connectivity index (χ0v) is 16.9. The van der Waals surface area contributed by atoms with Gasteiger partial charge in [0.2, 0.25) is 5.91 Å². The number of nitrogens with zero attached hydrogens (tertiary/aromatic N) is 2. The number of imidazole rings is 1. The fraction of sp³-hybridized carbons (Fsp3) is 0.130. The number of hydrogen-bond acceptors (Lipinski definition) is 4. The topological polar surface area (TPSA) is 69.3 Å². The Morgan fingerprint density at radius 3 is 2.77 bits per heavy atom. The van der Waals surface area contributed by atoms with E-state index in [4.69, 9.17) is 20.8 Å². The van der Waals surface area contributed by atoms with E-state index in [2.05, 4.69) is 14.9 Å². The average molecular weight is 422 g/mol. The van der Waals surface area contributed by atoms with E-state index >= 15 is 0 Å². The highest BCUT2D eigenvalue weighted by Gasteiger charge is 2.11. The smallest absolute Gasteiger partial charge is 0.244 e. The van der Waals surface area contributed by atoms with Crippen LogP contribution in [0.4, 0.5) is 0 Å². The van der Waals surface area contributed by atoms with Gasteiger partial charge in [-0.25, -0.2) is 4.98 Å². The van der Waals surface area contributed by atoms with Crippen molar-refractivity contribution in [2.24, 2.45) is 0 Å². The molecule has 2 aromatic heterocycles. The van der Waals surface area contributed by atoms with Gasteiger partial charge in [-0.2, -0.15) is 0 Å². The highest BCUT2D eigenvalue weighted by Crippen LogP contribution is 2.18. The van der Waals surface area contributed by atoms with Crippen molar-refractivity contribution in [3.63, 3.8) is 0 Å². The summed E-state index contributed by atoms with van der Waals surface area (Å²) in [6.07, 6.45) is 4.62. The number of nitrogens with one attached hydrogen (secondary N) is 1. The van der Waals surface area contributed by atoms with Gasteiger partial charge in [-0.3, -0.25) is 4.79 Å². The Kier molecular flexibility index (Phi) is 6.15. The molecule has 0 atom stereocenters. The van der Waals surface area contributed by atoms with Gasteiger partial charge in [-0.15, -0.1) is 0 Å². The number of hydrogen-bond donors (Lipinski definition) is 1. The van der Waals surface area contributed by atoms with Crippen LogP contribution in [0.5, 0.6) is 5.75 Å². The molecular formula is C23H20ClN3O3. The molecular weight excluding hydrogens is 402 g/mol. The number of carbonyl (C=O) groups is 1. The fourth-order valence-corrected chi connectivity index (χ4v) is 3.19. The van der Waals surface area contributed by atoms with Crippen molar-refractivity contribution in [2.75, 3.05) is 6.61 Å². The Labute approximate surface area is 178 Å². The van der Waals surface area contributed by atoms with Gasteiger partial charge in [0, 0.05) is 11.1 Å². The number of aromatic nitrogens is 2. The van der Waals surface area contributed by atoms with Crippen LogP contribution >= 0.6 is 11.6 Å². The fourth-order valence-electron chi connectivity index (χ4n) is 3.06. The number of ether oxygens (including phenoxy) is 1. The SMILES string of the molecule is O=C(/C=C/c1ccco1)NCc1nc2ccccc2n1CCOc1ccc(Cl)cc1. The Morgan fingerprint density at radius 2 is 1.97 bits per heavy atom. The standard InChI is InChI=1S/C23H20ClN3O3/c24-17-7-9-19(10-8-17)30-15-13-27-21-6-2-1-5-20(21)26-22(27)16-25-23(28)12-11-18-4-3-14-29-18/h1-12,14H,13,15-16H2,(H,25,28)/b12-11+. The third-order valence-corrected chi connectivity index (χ3v) is 4.75. The molecule has 0 spiro atoms. The molecule has 30 heavy (non-hydrogen) atoms. The van der Waals surface area contributed by atoms with E-state index in [1.54, 1.807) is 36.6 Å². The molecule has 2 aromatic carbocycles.